The monoisotopic (exact) mass is 239 g/mol. The van der Waals surface area contributed by atoms with E-state index in [2.05, 4.69) is 4.99 Å². The summed E-state index contributed by atoms with van der Waals surface area (Å²) in [4.78, 5) is 15.4. The summed E-state index contributed by atoms with van der Waals surface area (Å²) in [5.41, 5.74) is 1.36. The molecule has 1 heterocycles. The first kappa shape index (κ1) is 11.7. The van der Waals surface area contributed by atoms with Crippen molar-refractivity contribution in [2.24, 2.45) is 4.99 Å². The topological polar surface area (TPSA) is 38.7 Å². The Morgan fingerprint density at radius 3 is 2.94 bits per heavy atom. The number of hydrogen-bond acceptors (Lipinski definition) is 3. The van der Waals surface area contributed by atoms with Crippen molar-refractivity contribution in [3.8, 4) is 0 Å². The largest absolute Gasteiger partial charge is 0.463 e. The molecule has 2 aliphatic rings. The van der Waals surface area contributed by atoms with Gasteiger partial charge < -0.3 is 4.74 Å². The number of halogens is 2. The molecule has 90 valence electrons. The fraction of sp³-hybridized carbons (Fsp3) is 0.333. The summed E-state index contributed by atoms with van der Waals surface area (Å²) in [6.07, 6.45) is 2.54. The molecule has 0 unspecified atom stereocenters. The molecule has 1 aliphatic carbocycles. The van der Waals surface area contributed by atoms with E-state index in [9.17, 15) is 13.6 Å². The van der Waals surface area contributed by atoms with Gasteiger partial charge in [0.25, 0.3) is 0 Å². The van der Waals surface area contributed by atoms with Crippen molar-refractivity contribution in [2.75, 3.05) is 6.61 Å². The van der Waals surface area contributed by atoms with Gasteiger partial charge >= 0.3 is 5.97 Å². The molecule has 0 fully saturated rings. The van der Waals surface area contributed by atoms with Crippen LogP contribution in [0.25, 0.3) is 0 Å². The predicted octanol–water partition coefficient (Wildman–Crippen LogP) is 2.76. The maximum absolute atomic E-state index is 13.1. The zero-order valence-electron chi connectivity index (χ0n) is 9.30. The summed E-state index contributed by atoms with van der Waals surface area (Å²) in [5.74, 6) is -2.17. The van der Waals surface area contributed by atoms with Crippen molar-refractivity contribution >= 4 is 11.7 Å². The summed E-state index contributed by atoms with van der Waals surface area (Å²) in [7, 11) is 0. The van der Waals surface area contributed by atoms with Crippen molar-refractivity contribution in [1.82, 2.24) is 0 Å². The molecule has 17 heavy (non-hydrogen) atoms. The number of carbonyl (C=O) groups is 1. The number of fused-ring (bicyclic) bond motifs is 1. The third-order valence-corrected chi connectivity index (χ3v) is 2.55. The number of rotatable bonds is 2. The SMILES string of the molecule is CCOC(=O)C1=CN=C2CC(F)=C(F)C=C2C1. The van der Waals surface area contributed by atoms with Crippen molar-refractivity contribution in [3.05, 3.63) is 35.1 Å². The third kappa shape index (κ3) is 2.33. The fourth-order valence-corrected chi connectivity index (χ4v) is 1.70. The molecular formula is C12H11F2NO2. The average Bonchev–Trinajstić information content (AvgIpc) is 2.30. The Kier molecular flexibility index (Phi) is 3.17. The summed E-state index contributed by atoms with van der Waals surface area (Å²) < 4.78 is 30.9. The van der Waals surface area contributed by atoms with Crippen LogP contribution in [-0.4, -0.2) is 18.3 Å². The quantitative estimate of drug-likeness (QED) is 0.695. The van der Waals surface area contributed by atoms with Gasteiger partial charge in [-0.1, -0.05) is 0 Å². The number of allylic oxidation sites excluding steroid dienone is 4. The Labute approximate surface area is 97.2 Å². The maximum Gasteiger partial charge on any atom is 0.335 e. The Hall–Kier alpha value is -1.78. The first-order valence-electron chi connectivity index (χ1n) is 5.29. The minimum absolute atomic E-state index is 0.149. The van der Waals surface area contributed by atoms with E-state index in [0.717, 1.165) is 6.08 Å². The molecule has 0 aromatic heterocycles. The number of aliphatic imine (C=N–C) groups is 1. The number of esters is 1. The van der Waals surface area contributed by atoms with Crippen molar-refractivity contribution < 1.29 is 18.3 Å². The van der Waals surface area contributed by atoms with Crippen molar-refractivity contribution in [2.45, 2.75) is 19.8 Å². The van der Waals surface area contributed by atoms with Gasteiger partial charge in [0.15, 0.2) is 5.83 Å². The van der Waals surface area contributed by atoms with E-state index >= 15 is 0 Å². The van der Waals surface area contributed by atoms with Gasteiger partial charge in [0.2, 0.25) is 0 Å². The number of carbonyl (C=O) groups excluding carboxylic acids is 1. The summed E-state index contributed by atoms with van der Waals surface area (Å²) >= 11 is 0. The highest BCUT2D eigenvalue weighted by Crippen LogP contribution is 2.30. The first-order valence-corrected chi connectivity index (χ1v) is 5.29. The smallest absolute Gasteiger partial charge is 0.335 e. The maximum atomic E-state index is 13.1. The standard InChI is InChI=1S/C12H11F2NO2/c1-2-17-12(16)8-3-7-4-9(13)10(14)5-11(7)15-6-8/h4,6H,2-3,5H2,1H3. The lowest BCUT2D eigenvalue weighted by Gasteiger charge is -2.18. The molecule has 0 bridgehead atoms. The van der Waals surface area contributed by atoms with Crippen molar-refractivity contribution in [3.63, 3.8) is 0 Å². The second-order valence-corrected chi connectivity index (χ2v) is 3.73. The van der Waals surface area contributed by atoms with Crippen LogP contribution in [0, 0.1) is 0 Å². The molecule has 0 saturated carbocycles. The second-order valence-electron chi connectivity index (χ2n) is 3.73. The molecule has 5 heteroatoms. The van der Waals surface area contributed by atoms with Gasteiger partial charge in [0.1, 0.15) is 5.83 Å². The van der Waals surface area contributed by atoms with Crippen LogP contribution in [0.1, 0.15) is 19.8 Å². The molecule has 1 aliphatic heterocycles. The van der Waals surface area contributed by atoms with E-state index in [-0.39, 0.29) is 19.4 Å². The lowest BCUT2D eigenvalue weighted by molar-refractivity contribution is -0.138. The van der Waals surface area contributed by atoms with Crippen LogP contribution in [0.5, 0.6) is 0 Å². The van der Waals surface area contributed by atoms with Crippen LogP contribution >= 0.6 is 0 Å². The van der Waals surface area contributed by atoms with Gasteiger partial charge in [-0.2, -0.15) is 0 Å². The Morgan fingerprint density at radius 2 is 2.24 bits per heavy atom. The summed E-state index contributed by atoms with van der Waals surface area (Å²) in [5, 5.41) is 0. The van der Waals surface area contributed by atoms with Crippen LogP contribution < -0.4 is 0 Å². The molecule has 3 nitrogen and oxygen atoms in total. The van der Waals surface area contributed by atoms with Crippen LogP contribution in [0.4, 0.5) is 8.78 Å². The molecule has 0 aromatic rings. The van der Waals surface area contributed by atoms with Crippen LogP contribution in [0.2, 0.25) is 0 Å². The molecule has 0 saturated heterocycles. The van der Waals surface area contributed by atoms with E-state index in [1.807, 2.05) is 0 Å². The van der Waals surface area contributed by atoms with E-state index in [1.165, 1.54) is 6.20 Å². The normalized spacial score (nSPS) is 19.1. The van der Waals surface area contributed by atoms with E-state index in [1.54, 1.807) is 6.92 Å². The molecule has 2 rings (SSSR count). The molecular weight excluding hydrogens is 228 g/mol. The first-order chi connectivity index (χ1) is 8.11. The Bertz CT molecular complexity index is 487. The lowest BCUT2D eigenvalue weighted by Crippen LogP contribution is -2.17. The van der Waals surface area contributed by atoms with E-state index in [4.69, 9.17) is 4.74 Å². The molecule has 0 radical (unpaired) electrons. The van der Waals surface area contributed by atoms with Gasteiger partial charge in [-0.3, -0.25) is 4.99 Å². The van der Waals surface area contributed by atoms with Gasteiger partial charge in [-0.25, -0.2) is 13.6 Å². The minimum atomic E-state index is -0.885. The van der Waals surface area contributed by atoms with Gasteiger partial charge in [0.05, 0.1) is 17.9 Å². The van der Waals surface area contributed by atoms with Crippen LogP contribution in [0.3, 0.4) is 0 Å². The lowest BCUT2D eigenvalue weighted by atomic mass is 9.93. The molecule has 0 aromatic carbocycles. The molecule has 0 atom stereocenters. The zero-order chi connectivity index (χ0) is 12.4. The molecule has 0 spiro atoms. The average molecular weight is 239 g/mol. The highest BCUT2D eigenvalue weighted by atomic mass is 19.2. The fourth-order valence-electron chi connectivity index (χ4n) is 1.70. The van der Waals surface area contributed by atoms with Gasteiger partial charge in [-0.05, 0) is 18.6 Å². The zero-order valence-corrected chi connectivity index (χ0v) is 9.30. The van der Waals surface area contributed by atoms with Gasteiger partial charge in [-0.15, -0.1) is 0 Å². The van der Waals surface area contributed by atoms with Crippen molar-refractivity contribution in [1.29, 1.82) is 0 Å². The molecule has 0 N–H and O–H groups in total. The van der Waals surface area contributed by atoms with Crippen LogP contribution in [0.15, 0.2) is 40.1 Å². The van der Waals surface area contributed by atoms with Gasteiger partial charge in [0, 0.05) is 19.0 Å². The van der Waals surface area contributed by atoms with Crippen LogP contribution in [-0.2, 0) is 9.53 Å². The van der Waals surface area contributed by atoms with E-state index in [0.29, 0.717) is 16.9 Å². The highest BCUT2D eigenvalue weighted by molar-refractivity contribution is 6.06. The second kappa shape index (κ2) is 4.61. The number of hydrogen-bond donors (Lipinski definition) is 0. The Morgan fingerprint density at radius 1 is 1.47 bits per heavy atom. The Balaban J connectivity index is 2.22. The highest BCUT2D eigenvalue weighted by Gasteiger charge is 2.25. The third-order valence-electron chi connectivity index (χ3n) is 2.55. The number of ether oxygens (including phenoxy) is 1. The summed E-state index contributed by atoms with van der Waals surface area (Å²) in [6.45, 7) is 1.97. The predicted molar refractivity (Wildman–Crippen MR) is 58.7 cm³/mol. The number of nitrogens with zero attached hydrogens (tertiary/aromatic N) is 1. The summed E-state index contributed by atoms with van der Waals surface area (Å²) in [6, 6.07) is 0. The minimum Gasteiger partial charge on any atom is -0.463 e. The molecule has 0 amide bonds. The van der Waals surface area contributed by atoms with E-state index < -0.39 is 17.6 Å².